The number of benzene rings is 2. The lowest BCUT2D eigenvalue weighted by atomic mass is 9.95. The molecular weight excluding hydrogens is 472 g/mol. The minimum Gasteiger partial charge on any atom is -0.463 e. The molecule has 0 N–H and O–H groups in total. The molecule has 0 saturated carbocycles. The van der Waals surface area contributed by atoms with Crippen LogP contribution in [-0.4, -0.2) is 30.7 Å². The lowest BCUT2D eigenvalue weighted by molar-refractivity contribution is -0.139. The van der Waals surface area contributed by atoms with Gasteiger partial charge in [-0.2, -0.15) is 0 Å². The predicted octanol–water partition coefficient (Wildman–Crippen LogP) is 2.26. The molecule has 178 valence electrons. The standard InChI is InChI=1S/C25H20N2O7S/c1-3-30-24(29)21-13(2)26-25-27(22(21)15-5-7-17-19(10-15)34-12-32-17)23(28)20(35-25)9-14-4-6-16-18(8-14)33-11-31-16/h4-10,22H,3,11-12H2,1-2H3/b20-9+/t22-/m0/s1. The first-order valence-electron chi connectivity index (χ1n) is 11.0. The van der Waals surface area contributed by atoms with E-state index in [1.54, 1.807) is 36.6 Å². The van der Waals surface area contributed by atoms with E-state index in [-0.39, 0.29) is 25.8 Å². The molecular formula is C25H20N2O7S. The number of fused-ring (bicyclic) bond motifs is 3. The largest absolute Gasteiger partial charge is 0.463 e. The highest BCUT2D eigenvalue weighted by molar-refractivity contribution is 7.07. The van der Waals surface area contributed by atoms with Gasteiger partial charge in [0.05, 0.1) is 28.5 Å². The quantitative estimate of drug-likeness (QED) is 0.516. The minimum atomic E-state index is -0.723. The summed E-state index contributed by atoms with van der Waals surface area (Å²) in [6.45, 7) is 3.99. The molecule has 10 heteroatoms. The van der Waals surface area contributed by atoms with Gasteiger partial charge in [-0.05, 0) is 55.3 Å². The smallest absolute Gasteiger partial charge is 0.338 e. The summed E-state index contributed by atoms with van der Waals surface area (Å²) in [7, 11) is 0. The summed E-state index contributed by atoms with van der Waals surface area (Å²) in [5, 5.41) is 0. The Morgan fingerprint density at radius 1 is 1.09 bits per heavy atom. The van der Waals surface area contributed by atoms with Crippen molar-refractivity contribution in [3.63, 3.8) is 0 Å². The van der Waals surface area contributed by atoms with Crippen LogP contribution in [-0.2, 0) is 9.53 Å². The van der Waals surface area contributed by atoms with Crippen molar-refractivity contribution in [2.45, 2.75) is 19.9 Å². The molecule has 3 aliphatic rings. The van der Waals surface area contributed by atoms with E-state index >= 15 is 0 Å². The third kappa shape index (κ3) is 3.57. The van der Waals surface area contributed by atoms with E-state index in [1.165, 1.54) is 11.3 Å². The summed E-state index contributed by atoms with van der Waals surface area (Å²) in [5.41, 5.74) is 2.04. The number of nitrogens with zero attached hydrogens (tertiary/aromatic N) is 2. The maximum Gasteiger partial charge on any atom is 0.338 e. The molecule has 0 radical (unpaired) electrons. The molecule has 9 nitrogen and oxygen atoms in total. The zero-order valence-electron chi connectivity index (χ0n) is 18.9. The van der Waals surface area contributed by atoms with Gasteiger partial charge in [0.2, 0.25) is 13.6 Å². The summed E-state index contributed by atoms with van der Waals surface area (Å²) in [5.74, 6) is 1.96. The first-order valence-corrected chi connectivity index (χ1v) is 11.8. The molecule has 2 aromatic carbocycles. The minimum absolute atomic E-state index is 0.122. The van der Waals surface area contributed by atoms with Gasteiger partial charge in [0.25, 0.3) is 5.56 Å². The Bertz CT molecular complexity index is 1580. The molecule has 0 spiro atoms. The molecule has 3 aromatic rings. The Morgan fingerprint density at radius 3 is 2.51 bits per heavy atom. The highest BCUT2D eigenvalue weighted by atomic mass is 32.1. The highest BCUT2D eigenvalue weighted by Crippen LogP contribution is 2.38. The molecule has 0 unspecified atom stereocenters. The maximum atomic E-state index is 13.7. The van der Waals surface area contributed by atoms with E-state index in [1.807, 2.05) is 24.3 Å². The van der Waals surface area contributed by atoms with Crippen molar-refractivity contribution in [3.05, 3.63) is 78.5 Å². The Balaban J connectivity index is 1.53. The van der Waals surface area contributed by atoms with Gasteiger partial charge >= 0.3 is 5.97 Å². The maximum absolute atomic E-state index is 13.7. The van der Waals surface area contributed by atoms with Crippen LogP contribution in [0.5, 0.6) is 23.0 Å². The monoisotopic (exact) mass is 492 g/mol. The molecule has 0 amide bonds. The van der Waals surface area contributed by atoms with Gasteiger partial charge < -0.3 is 23.7 Å². The van der Waals surface area contributed by atoms with Gasteiger partial charge in [0, 0.05) is 0 Å². The Hall–Kier alpha value is -4.05. The summed E-state index contributed by atoms with van der Waals surface area (Å²) >= 11 is 1.26. The SMILES string of the molecule is CCOC(=O)C1=C(C)N=c2s/c(=C/c3ccc4c(c3)OCO4)c(=O)n2[C@H]1c1ccc2c(c1)OCO2. The lowest BCUT2D eigenvalue weighted by Crippen LogP contribution is -2.39. The van der Waals surface area contributed by atoms with Crippen LogP contribution in [0.25, 0.3) is 6.08 Å². The third-order valence-corrected chi connectivity index (χ3v) is 6.91. The number of ether oxygens (including phenoxy) is 5. The molecule has 1 aromatic heterocycles. The molecule has 6 rings (SSSR count). The van der Waals surface area contributed by atoms with E-state index in [4.69, 9.17) is 23.7 Å². The van der Waals surface area contributed by atoms with E-state index < -0.39 is 12.0 Å². The molecule has 1 atom stereocenters. The number of thiazole rings is 1. The van der Waals surface area contributed by atoms with Crippen LogP contribution in [0.15, 0.2) is 57.5 Å². The van der Waals surface area contributed by atoms with Crippen molar-refractivity contribution in [2.75, 3.05) is 20.2 Å². The number of hydrogen-bond acceptors (Lipinski definition) is 9. The molecule has 4 heterocycles. The Labute approximate surface area is 203 Å². The van der Waals surface area contributed by atoms with Crippen molar-refractivity contribution < 1.29 is 28.5 Å². The Morgan fingerprint density at radius 2 is 1.77 bits per heavy atom. The van der Waals surface area contributed by atoms with E-state index in [2.05, 4.69) is 4.99 Å². The molecule has 0 saturated heterocycles. The molecule has 3 aliphatic heterocycles. The first kappa shape index (κ1) is 21.5. The van der Waals surface area contributed by atoms with Crippen molar-refractivity contribution in [1.82, 2.24) is 4.57 Å². The number of aromatic nitrogens is 1. The fourth-order valence-electron chi connectivity index (χ4n) is 4.34. The zero-order chi connectivity index (χ0) is 24.1. The molecule has 35 heavy (non-hydrogen) atoms. The normalized spacial score (nSPS) is 17.9. The van der Waals surface area contributed by atoms with E-state index in [9.17, 15) is 9.59 Å². The lowest BCUT2D eigenvalue weighted by Gasteiger charge is -2.24. The number of carbonyl (C=O) groups is 1. The summed E-state index contributed by atoms with van der Waals surface area (Å²) in [4.78, 5) is 31.8. The van der Waals surface area contributed by atoms with Gasteiger partial charge in [-0.25, -0.2) is 9.79 Å². The van der Waals surface area contributed by atoms with Crippen molar-refractivity contribution >= 4 is 23.4 Å². The summed E-state index contributed by atoms with van der Waals surface area (Å²) < 4.78 is 29.2. The van der Waals surface area contributed by atoms with Crippen LogP contribution in [0.1, 0.15) is 31.0 Å². The highest BCUT2D eigenvalue weighted by Gasteiger charge is 2.34. The van der Waals surface area contributed by atoms with Gasteiger partial charge in [0.15, 0.2) is 27.8 Å². The van der Waals surface area contributed by atoms with Crippen LogP contribution in [0.3, 0.4) is 0 Å². The van der Waals surface area contributed by atoms with Crippen LogP contribution in [0, 0.1) is 0 Å². The number of rotatable bonds is 4. The first-order chi connectivity index (χ1) is 17.0. The van der Waals surface area contributed by atoms with E-state index in [0.717, 1.165) is 5.56 Å². The molecule has 0 fully saturated rings. The van der Waals surface area contributed by atoms with Gasteiger partial charge in [-0.15, -0.1) is 0 Å². The fraction of sp³-hybridized carbons (Fsp3) is 0.240. The van der Waals surface area contributed by atoms with Gasteiger partial charge in [0.1, 0.15) is 0 Å². The number of carbonyl (C=O) groups excluding carboxylic acids is 1. The van der Waals surface area contributed by atoms with Crippen LogP contribution < -0.4 is 33.8 Å². The van der Waals surface area contributed by atoms with Crippen LogP contribution in [0.2, 0.25) is 0 Å². The number of esters is 1. The molecule has 0 aliphatic carbocycles. The predicted molar refractivity (Wildman–Crippen MR) is 126 cm³/mol. The second kappa shape index (κ2) is 8.31. The van der Waals surface area contributed by atoms with Crippen molar-refractivity contribution in [2.24, 2.45) is 4.99 Å². The van der Waals surface area contributed by atoms with Gasteiger partial charge in [-0.1, -0.05) is 23.5 Å². The second-order valence-electron chi connectivity index (χ2n) is 8.03. The number of hydrogen-bond donors (Lipinski definition) is 0. The Kier molecular flexibility index (Phi) is 5.10. The van der Waals surface area contributed by atoms with Crippen molar-refractivity contribution in [3.8, 4) is 23.0 Å². The van der Waals surface area contributed by atoms with Crippen molar-refractivity contribution in [1.29, 1.82) is 0 Å². The average molecular weight is 493 g/mol. The molecule has 0 bridgehead atoms. The second-order valence-corrected chi connectivity index (χ2v) is 9.04. The summed E-state index contributed by atoms with van der Waals surface area (Å²) in [6.07, 6.45) is 1.78. The fourth-order valence-corrected chi connectivity index (χ4v) is 5.39. The van der Waals surface area contributed by atoms with Crippen LogP contribution in [0.4, 0.5) is 0 Å². The topological polar surface area (TPSA) is 97.6 Å². The summed E-state index contributed by atoms with van der Waals surface area (Å²) in [6, 6.07) is 10.2. The zero-order valence-corrected chi connectivity index (χ0v) is 19.7. The van der Waals surface area contributed by atoms with E-state index in [0.29, 0.717) is 49.2 Å². The average Bonchev–Trinajstić information content (AvgIpc) is 3.57. The number of allylic oxidation sites excluding steroid dienone is 1. The van der Waals surface area contributed by atoms with Gasteiger partial charge in [-0.3, -0.25) is 9.36 Å². The van der Waals surface area contributed by atoms with Crippen LogP contribution >= 0.6 is 11.3 Å². The third-order valence-electron chi connectivity index (χ3n) is 5.92.